The fourth-order valence-electron chi connectivity index (χ4n) is 2.19. The van der Waals surface area contributed by atoms with Crippen LogP contribution in [0.3, 0.4) is 0 Å². The first-order valence-electron chi connectivity index (χ1n) is 6.48. The molecule has 3 N–H and O–H groups in total. The van der Waals surface area contributed by atoms with Crippen LogP contribution < -0.4 is 0 Å². The van der Waals surface area contributed by atoms with E-state index in [0.717, 1.165) is 5.56 Å². The number of benzene rings is 1. The standard InChI is InChI=1S/C14H20O6/c1-18-14-13(12(17)11(16)10(7-15)20-14)19-8-9-5-3-2-4-6-9/h2-6,10-17H,7-8H2,1H3. The fourth-order valence-corrected chi connectivity index (χ4v) is 2.19. The summed E-state index contributed by atoms with van der Waals surface area (Å²) in [7, 11) is 1.42. The molecule has 0 spiro atoms. The second-order valence-electron chi connectivity index (χ2n) is 4.70. The normalized spacial score (nSPS) is 34.1. The summed E-state index contributed by atoms with van der Waals surface area (Å²) in [6.07, 6.45) is -4.94. The van der Waals surface area contributed by atoms with Crippen LogP contribution in [0.4, 0.5) is 0 Å². The Morgan fingerprint density at radius 1 is 1.15 bits per heavy atom. The van der Waals surface area contributed by atoms with Gasteiger partial charge in [-0.05, 0) is 5.56 Å². The average molecular weight is 284 g/mol. The predicted molar refractivity (Wildman–Crippen MR) is 69.8 cm³/mol. The van der Waals surface area contributed by atoms with E-state index in [1.807, 2.05) is 30.3 Å². The molecule has 112 valence electrons. The molecule has 1 fully saturated rings. The lowest BCUT2D eigenvalue weighted by molar-refractivity contribution is -0.305. The van der Waals surface area contributed by atoms with Crippen molar-refractivity contribution in [3.05, 3.63) is 35.9 Å². The van der Waals surface area contributed by atoms with Crippen LogP contribution >= 0.6 is 0 Å². The van der Waals surface area contributed by atoms with Crippen LogP contribution in [0.2, 0.25) is 0 Å². The summed E-state index contributed by atoms with van der Waals surface area (Å²) in [6.45, 7) is -0.133. The monoisotopic (exact) mass is 284 g/mol. The van der Waals surface area contributed by atoms with Crippen LogP contribution in [-0.2, 0) is 20.8 Å². The second kappa shape index (κ2) is 7.12. The van der Waals surface area contributed by atoms with Gasteiger partial charge >= 0.3 is 0 Å². The smallest absolute Gasteiger partial charge is 0.186 e. The van der Waals surface area contributed by atoms with E-state index in [1.54, 1.807) is 0 Å². The van der Waals surface area contributed by atoms with Crippen molar-refractivity contribution in [2.24, 2.45) is 0 Å². The Balaban J connectivity index is 2.01. The molecule has 1 aliphatic heterocycles. The molecule has 1 aromatic carbocycles. The molecule has 6 heteroatoms. The van der Waals surface area contributed by atoms with Gasteiger partial charge in [0.2, 0.25) is 0 Å². The van der Waals surface area contributed by atoms with Gasteiger partial charge in [0, 0.05) is 7.11 Å². The van der Waals surface area contributed by atoms with Gasteiger partial charge in [0.1, 0.15) is 24.4 Å². The highest BCUT2D eigenvalue weighted by Gasteiger charge is 2.45. The van der Waals surface area contributed by atoms with Crippen molar-refractivity contribution < 1.29 is 29.5 Å². The highest BCUT2D eigenvalue weighted by molar-refractivity contribution is 5.13. The van der Waals surface area contributed by atoms with Gasteiger partial charge in [-0.1, -0.05) is 30.3 Å². The van der Waals surface area contributed by atoms with E-state index in [0.29, 0.717) is 0 Å². The summed E-state index contributed by atoms with van der Waals surface area (Å²) < 4.78 is 16.1. The lowest BCUT2D eigenvalue weighted by Crippen LogP contribution is -2.59. The van der Waals surface area contributed by atoms with Crippen molar-refractivity contribution in [3.63, 3.8) is 0 Å². The molecule has 5 atom stereocenters. The number of methoxy groups -OCH3 is 1. The zero-order chi connectivity index (χ0) is 14.5. The quantitative estimate of drug-likeness (QED) is 0.685. The van der Waals surface area contributed by atoms with Crippen LogP contribution in [0, 0.1) is 0 Å². The van der Waals surface area contributed by atoms with Crippen LogP contribution in [0.25, 0.3) is 0 Å². The van der Waals surface area contributed by atoms with Crippen LogP contribution in [-0.4, -0.2) is 59.7 Å². The Morgan fingerprint density at radius 3 is 2.45 bits per heavy atom. The highest BCUT2D eigenvalue weighted by Crippen LogP contribution is 2.24. The molecule has 5 unspecified atom stereocenters. The van der Waals surface area contributed by atoms with Crippen molar-refractivity contribution in [1.29, 1.82) is 0 Å². The van der Waals surface area contributed by atoms with Crippen molar-refractivity contribution in [1.82, 2.24) is 0 Å². The average Bonchev–Trinajstić information content (AvgIpc) is 2.49. The minimum absolute atomic E-state index is 0.266. The Labute approximate surface area is 117 Å². The van der Waals surface area contributed by atoms with E-state index in [2.05, 4.69) is 0 Å². The topological polar surface area (TPSA) is 88.4 Å². The minimum Gasteiger partial charge on any atom is -0.394 e. The van der Waals surface area contributed by atoms with E-state index in [9.17, 15) is 10.2 Å². The highest BCUT2D eigenvalue weighted by atomic mass is 16.7. The van der Waals surface area contributed by atoms with Crippen molar-refractivity contribution in [3.8, 4) is 0 Å². The molecular weight excluding hydrogens is 264 g/mol. The minimum atomic E-state index is -1.22. The first kappa shape index (κ1) is 15.4. The Hall–Kier alpha value is -1.02. The predicted octanol–water partition coefficient (Wildman–Crippen LogP) is -0.343. The van der Waals surface area contributed by atoms with Crippen molar-refractivity contribution in [2.45, 2.75) is 37.3 Å². The molecule has 0 amide bonds. The van der Waals surface area contributed by atoms with E-state index in [1.165, 1.54) is 7.11 Å². The molecule has 6 nitrogen and oxygen atoms in total. The molecule has 0 aromatic heterocycles. The van der Waals surface area contributed by atoms with E-state index in [-0.39, 0.29) is 6.61 Å². The third-order valence-electron chi connectivity index (χ3n) is 3.34. The first-order chi connectivity index (χ1) is 9.67. The number of aliphatic hydroxyl groups is 3. The summed E-state index contributed by atoms with van der Waals surface area (Å²) in [6, 6.07) is 9.46. The maximum atomic E-state index is 10.1. The van der Waals surface area contributed by atoms with Crippen molar-refractivity contribution in [2.75, 3.05) is 13.7 Å². The summed E-state index contributed by atoms with van der Waals surface area (Å²) in [5.74, 6) is 0. The zero-order valence-electron chi connectivity index (χ0n) is 11.3. The summed E-state index contributed by atoms with van der Waals surface area (Å²) >= 11 is 0. The summed E-state index contributed by atoms with van der Waals surface area (Å²) in [5.41, 5.74) is 0.938. The largest absolute Gasteiger partial charge is 0.394 e. The zero-order valence-corrected chi connectivity index (χ0v) is 11.3. The van der Waals surface area contributed by atoms with E-state index in [4.69, 9.17) is 19.3 Å². The lowest BCUT2D eigenvalue weighted by Gasteiger charge is -2.41. The van der Waals surface area contributed by atoms with Crippen LogP contribution in [0.5, 0.6) is 0 Å². The molecule has 1 aliphatic rings. The Bertz CT molecular complexity index is 396. The van der Waals surface area contributed by atoms with Crippen LogP contribution in [0.1, 0.15) is 5.56 Å². The molecule has 0 saturated carbocycles. The van der Waals surface area contributed by atoms with Gasteiger partial charge in [-0.25, -0.2) is 0 Å². The number of hydrogen-bond donors (Lipinski definition) is 3. The maximum absolute atomic E-state index is 10.1. The molecule has 0 radical (unpaired) electrons. The van der Waals surface area contributed by atoms with Crippen LogP contribution in [0.15, 0.2) is 30.3 Å². The van der Waals surface area contributed by atoms with Crippen molar-refractivity contribution >= 4 is 0 Å². The van der Waals surface area contributed by atoms with E-state index >= 15 is 0 Å². The maximum Gasteiger partial charge on any atom is 0.186 e. The summed E-state index contributed by atoms with van der Waals surface area (Å²) in [5, 5.41) is 29.0. The Kier molecular flexibility index (Phi) is 5.47. The molecule has 2 rings (SSSR count). The third kappa shape index (κ3) is 3.35. The summed E-state index contributed by atoms with van der Waals surface area (Å²) in [4.78, 5) is 0. The lowest BCUT2D eigenvalue weighted by atomic mass is 9.99. The molecule has 1 aromatic rings. The van der Waals surface area contributed by atoms with Gasteiger partial charge in [0.15, 0.2) is 6.29 Å². The third-order valence-corrected chi connectivity index (χ3v) is 3.34. The number of hydrogen-bond acceptors (Lipinski definition) is 6. The second-order valence-corrected chi connectivity index (χ2v) is 4.70. The first-order valence-corrected chi connectivity index (χ1v) is 6.48. The molecule has 20 heavy (non-hydrogen) atoms. The number of aliphatic hydroxyl groups excluding tert-OH is 3. The van der Waals surface area contributed by atoms with Gasteiger partial charge in [0.05, 0.1) is 13.2 Å². The fraction of sp³-hybridized carbons (Fsp3) is 0.571. The van der Waals surface area contributed by atoms with E-state index < -0.39 is 37.3 Å². The van der Waals surface area contributed by atoms with Gasteiger partial charge in [-0.2, -0.15) is 0 Å². The molecule has 0 bridgehead atoms. The van der Waals surface area contributed by atoms with Gasteiger partial charge in [-0.15, -0.1) is 0 Å². The van der Waals surface area contributed by atoms with Gasteiger partial charge in [-0.3, -0.25) is 0 Å². The molecular formula is C14H20O6. The number of ether oxygens (including phenoxy) is 3. The number of rotatable bonds is 5. The van der Waals surface area contributed by atoms with Gasteiger partial charge < -0.3 is 29.5 Å². The van der Waals surface area contributed by atoms with Gasteiger partial charge in [0.25, 0.3) is 0 Å². The SMILES string of the molecule is COC1OC(CO)C(O)C(O)C1OCc1ccccc1. The molecule has 1 heterocycles. The Morgan fingerprint density at radius 2 is 1.85 bits per heavy atom. The molecule has 0 aliphatic carbocycles. The molecule has 1 saturated heterocycles.